The third-order valence-corrected chi connectivity index (χ3v) is 9.37. The maximum Gasteiger partial charge on any atom is 1.00 e. The molecular formula is C49H58B2ILiO5. The Balaban J connectivity index is 0.000000292. The molecule has 0 aliphatic carbocycles. The molecule has 6 rings (SSSR count). The molecule has 0 aromatic heterocycles. The molecule has 0 spiro atoms. The molecule has 9 heteroatoms. The molecule has 6 aromatic carbocycles. The smallest absolute Gasteiger partial charge is 0.423 e. The molecule has 0 radical (unpaired) electrons. The maximum atomic E-state index is 9.86. The Morgan fingerprint density at radius 3 is 0.983 bits per heavy atom. The Morgan fingerprint density at radius 1 is 0.483 bits per heavy atom. The van der Waals surface area contributed by atoms with Gasteiger partial charge in [-0.1, -0.05) is 171 Å². The Bertz CT molecular complexity index is 1830. The Kier molecular flexibility index (Phi) is 24.6. The summed E-state index contributed by atoms with van der Waals surface area (Å²) in [6, 6.07) is 52.9. The Hall–Kier alpha value is -3.42. The minimum atomic E-state index is -1.52. The first-order valence-electron chi connectivity index (χ1n) is 19.7. The van der Waals surface area contributed by atoms with Gasteiger partial charge in [-0.3, -0.25) is 0 Å². The van der Waals surface area contributed by atoms with Gasteiger partial charge in [-0.05, 0) is 114 Å². The van der Waals surface area contributed by atoms with Crippen molar-refractivity contribution in [3.05, 3.63) is 168 Å². The van der Waals surface area contributed by atoms with Crippen LogP contribution in [0.5, 0.6) is 0 Å². The van der Waals surface area contributed by atoms with Gasteiger partial charge in [0.15, 0.2) is 0 Å². The van der Waals surface area contributed by atoms with Crippen LogP contribution in [0.4, 0.5) is 0 Å². The average molecular weight is 882 g/mol. The van der Waals surface area contributed by atoms with Gasteiger partial charge in [0.05, 0.1) is 0 Å². The van der Waals surface area contributed by atoms with Crippen molar-refractivity contribution in [2.24, 2.45) is 0 Å². The normalized spacial score (nSPS) is 10.3. The molecule has 0 heterocycles. The van der Waals surface area contributed by atoms with E-state index in [9.17, 15) is 10.0 Å². The summed E-state index contributed by atoms with van der Waals surface area (Å²) in [5, 5.41) is 19.7. The molecule has 5 nitrogen and oxygen atoms in total. The van der Waals surface area contributed by atoms with Crippen molar-refractivity contribution in [3.8, 4) is 44.5 Å². The van der Waals surface area contributed by atoms with E-state index in [1.807, 2.05) is 120 Å². The second-order valence-corrected chi connectivity index (χ2v) is 15.0. The average Bonchev–Trinajstić information content (AvgIpc) is 3.22. The van der Waals surface area contributed by atoms with Crippen molar-refractivity contribution in [1.29, 1.82) is 0 Å². The number of hydrogen-bond donors (Lipinski definition) is 2. The first kappa shape index (κ1) is 50.7. The first-order valence-corrected chi connectivity index (χ1v) is 20.8. The second-order valence-electron chi connectivity index (χ2n) is 14.0. The molecule has 0 unspecified atom stereocenters. The fourth-order valence-corrected chi connectivity index (χ4v) is 6.54. The molecule has 0 bridgehead atoms. The molecule has 6 aromatic rings. The van der Waals surface area contributed by atoms with Gasteiger partial charge < -0.3 is 30.9 Å². The zero-order valence-electron chi connectivity index (χ0n) is 35.5. The van der Waals surface area contributed by atoms with Crippen LogP contribution in [0, 0.1) is 10.5 Å². The van der Waals surface area contributed by atoms with Crippen LogP contribution in [0.15, 0.2) is 158 Å². The van der Waals surface area contributed by atoms with Crippen LogP contribution in [0.25, 0.3) is 44.5 Å². The van der Waals surface area contributed by atoms with E-state index in [0.29, 0.717) is 5.46 Å². The third-order valence-electron chi connectivity index (χ3n) is 8.21. The second kappa shape index (κ2) is 28.1. The summed E-state index contributed by atoms with van der Waals surface area (Å²) in [7, 11) is -2.06. The summed E-state index contributed by atoms with van der Waals surface area (Å²) in [5.74, 6) is 0. The molecule has 0 atom stereocenters. The minimum absolute atomic E-state index is 0. The van der Waals surface area contributed by atoms with Gasteiger partial charge in [-0.25, -0.2) is 0 Å². The molecule has 298 valence electrons. The van der Waals surface area contributed by atoms with Crippen molar-refractivity contribution >= 4 is 42.5 Å². The van der Waals surface area contributed by atoms with Crippen LogP contribution in [-0.2, 0) is 14.0 Å². The fraction of sp³-hybridized carbons (Fsp3) is 0.245. The molecule has 0 amide bonds. The van der Waals surface area contributed by atoms with E-state index in [1.165, 1.54) is 32.2 Å². The summed E-state index contributed by atoms with van der Waals surface area (Å²) in [4.78, 5) is 0. The summed E-state index contributed by atoms with van der Waals surface area (Å²) >= 11 is 2.45. The van der Waals surface area contributed by atoms with E-state index in [0.717, 1.165) is 28.7 Å². The predicted octanol–water partition coefficient (Wildman–Crippen LogP) is 9.20. The molecule has 2 N–H and O–H groups in total. The van der Waals surface area contributed by atoms with Gasteiger partial charge in [0.2, 0.25) is 0 Å². The van der Waals surface area contributed by atoms with Gasteiger partial charge in [0.25, 0.3) is 0 Å². The largest absolute Gasteiger partial charge is 1.00 e. The van der Waals surface area contributed by atoms with E-state index in [2.05, 4.69) is 115 Å². The third kappa shape index (κ3) is 17.4. The van der Waals surface area contributed by atoms with Crippen LogP contribution in [0.1, 0.15) is 61.3 Å². The van der Waals surface area contributed by atoms with Gasteiger partial charge in [-0.15, -0.1) is 0 Å². The van der Waals surface area contributed by atoms with Crippen LogP contribution in [0.2, 0.25) is 0 Å². The van der Waals surface area contributed by atoms with Crippen molar-refractivity contribution in [3.63, 3.8) is 0 Å². The van der Waals surface area contributed by atoms with Gasteiger partial charge in [0.1, 0.15) is 0 Å². The van der Waals surface area contributed by atoms with Crippen LogP contribution >= 0.6 is 22.6 Å². The Labute approximate surface area is 375 Å². The van der Waals surface area contributed by atoms with Gasteiger partial charge in [-0.2, -0.15) is 6.42 Å². The van der Waals surface area contributed by atoms with E-state index in [-0.39, 0.29) is 37.2 Å². The van der Waals surface area contributed by atoms with Crippen molar-refractivity contribution in [1.82, 2.24) is 0 Å². The molecule has 0 saturated carbocycles. The SMILES string of the molecule is CC(C)OB(OC(C)C)OC(C)C.Ic1c(-c2ccccc2)cccc1-c1ccccc1.OB(O)c1c(-c2ccccc2)cccc1-c1ccccc1.[CH2-]CCC.[Li+]. The van der Waals surface area contributed by atoms with Crippen LogP contribution < -0.4 is 24.3 Å². The topological polar surface area (TPSA) is 68.2 Å². The number of rotatable bonds is 12. The zero-order chi connectivity index (χ0) is 41.6. The predicted molar refractivity (Wildman–Crippen MR) is 252 cm³/mol. The summed E-state index contributed by atoms with van der Waals surface area (Å²) in [5.41, 5.74) is 9.28. The molecule has 0 saturated heterocycles. The van der Waals surface area contributed by atoms with Crippen molar-refractivity contribution < 1.29 is 42.9 Å². The molecule has 58 heavy (non-hydrogen) atoms. The molecule has 0 fully saturated rings. The molecule has 0 aliphatic heterocycles. The molecular weight excluding hydrogens is 824 g/mol. The Morgan fingerprint density at radius 2 is 0.741 bits per heavy atom. The fourth-order valence-electron chi connectivity index (χ4n) is 5.56. The number of unbranched alkanes of at least 4 members (excludes halogenated alkanes) is 1. The van der Waals surface area contributed by atoms with E-state index < -0.39 is 14.4 Å². The van der Waals surface area contributed by atoms with E-state index in [4.69, 9.17) is 14.0 Å². The minimum Gasteiger partial charge on any atom is -0.423 e. The van der Waals surface area contributed by atoms with E-state index in [1.54, 1.807) is 0 Å². The molecule has 0 aliphatic rings. The number of hydrogen-bond acceptors (Lipinski definition) is 5. The van der Waals surface area contributed by atoms with Gasteiger partial charge in [0, 0.05) is 21.9 Å². The van der Waals surface area contributed by atoms with E-state index >= 15 is 0 Å². The quantitative estimate of drug-likeness (QED) is 0.0730. The van der Waals surface area contributed by atoms with Crippen molar-refractivity contribution in [2.45, 2.75) is 79.6 Å². The summed E-state index contributed by atoms with van der Waals surface area (Å²) < 4.78 is 17.6. The standard InChI is InChI=1S/C18H15BO2.C18H13I.C9H21BO3.C4H9.Li/c20-19(21)18-16(14-8-3-1-4-9-14)12-7-13-17(18)15-10-5-2-6-11-15;19-18-16(14-8-3-1-4-9-14)12-7-13-17(18)15-10-5-2-6-11-15;1-7(2)11-10(12-8(3)4)13-9(5)6;1-3-4-2;/h1-13,20-21H;1-13H;7-9H,1-6H3;1,3-4H2,2H3;/q;;;-1;+1. The number of benzene rings is 6. The van der Waals surface area contributed by atoms with Crippen LogP contribution in [-0.4, -0.2) is 42.8 Å². The van der Waals surface area contributed by atoms with Gasteiger partial charge >= 0.3 is 33.3 Å². The summed E-state index contributed by atoms with van der Waals surface area (Å²) in [6.07, 6.45) is 2.62. The summed E-state index contributed by atoms with van der Waals surface area (Å²) in [6.45, 7) is 17.5. The van der Waals surface area contributed by atoms with Crippen LogP contribution in [0.3, 0.4) is 0 Å². The monoisotopic (exact) mass is 882 g/mol. The number of halogens is 1. The van der Waals surface area contributed by atoms with Crippen molar-refractivity contribution in [2.75, 3.05) is 0 Å². The maximum absolute atomic E-state index is 9.86. The first-order chi connectivity index (χ1) is 27.5. The zero-order valence-corrected chi connectivity index (χ0v) is 37.7.